The lowest BCUT2D eigenvalue weighted by molar-refractivity contribution is -0.154. The highest BCUT2D eigenvalue weighted by Crippen LogP contribution is 2.21. The van der Waals surface area contributed by atoms with Crippen molar-refractivity contribution in [1.82, 2.24) is 4.98 Å². The Bertz CT molecular complexity index is 584. The first-order valence-electron chi connectivity index (χ1n) is 8.49. The summed E-state index contributed by atoms with van der Waals surface area (Å²) in [7, 11) is 0. The van der Waals surface area contributed by atoms with E-state index in [0.29, 0.717) is 11.1 Å². The SMILES string of the molecule is C1COCCO1.Cc1cc(CC(=O)OC(C)(C)C)cnc1OCC(F)(F)F. The first kappa shape index (κ1) is 23.2. The number of nitrogens with zero attached hydrogens (tertiary/aromatic N) is 1. The molecule has 1 aliphatic rings. The number of ether oxygens (including phenoxy) is 4. The van der Waals surface area contributed by atoms with Crippen LogP contribution in [0.15, 0.2) is 12.3 Å². The molecule has 0 N–H and O–H groups in total. The first-order valence-corrected chi connectivity index (χ1v) is 8.49. The molecule has 0 bridgehead atoms. The maximum absolute atomic E-state index is 12.1. The van der Waals surface area contributed by atoms with E-state index in [2.05, 4.69) is 9.72 Å². The summed E-state index contributed by atoms with van der Waals surface area (Å²) in [4.78, 5) is 15.5. The molecule has 1 fully saturated rings. The Kier molecular flexibility index (Phi) is 8.98. The number of esters is 1. The second kappa shape index (κ2) is 10.5. The molecule has 1 aliphatic heterocycles. The smallest absolute Gasteiger partial charge is 0.422 e. The Labute approximate surface area is 157 Å². The van der Waals surface area contributed by atoms with Gasteiger partial charge in [0.15, 0.2) is 6.61 Å². The molecular formula is C18H26F3NO5. The fourth-order valence-electron chi connectivity index (χ4n) is 2.00. The molecule has 6 nitrogen and oxygen atoms in total. The maximum Gasteiger partial charge on any atom is 0.422 e. The monoisotopic (exact) mass is 393 g/mol. The summed E-state index contributed by atoms with van der Waals surface area (Å²) in [6.07, 6.45) is -3.10. The predicted octanol–water partition coefficient (Wildman–Crippen LogP) is 3.25. The standard InChI is InChI=1S/C14H18F3NO3.C4H8O2/c1-9-5-10(6-11(19)21-13(2,3)4)7-18-12(9)20-8-14(15,16)17;1-2-6-4-3-5-1/h5,7H,6,8H2,1-4H3;1-4H2. The molecule has 0 aromatic carbocycles. The number of rotatable bonds is 4. The van der Waals surface area contributed by atoms with Crippen molar-refractivity contribution in [3.63, 3.8) is 0 Å². The van der Waals surface area contributed by atoms with Crippen LogP contribution in [0.4, 0.5) is 13.2 Å². The van der Waals surface area contributed by atoms with Crippen LogP contribution in [0.5, 0.6) is 5.88 Å². The van der Waals surface area contributed by atoms with E-state index in [1.807, 2.05) is 0 Å². The molecule has 2 rings (SSSR count). The molecule has 0 saturated carbocycles. The van der Waals surface area contributed by atoms with Crippen LogP contribution in [-0.2, 0) is 25.4 Å². The van der Waals surface area contributed by atoms with Gasteiger partial charge < -0.3 is 18.9 Å². The molecule has 154 valence electrons. The van der Waals surface area contributed by atoms with E-state index in [-0.39, 0.29) is 12.3 Å². The number of hydrogen-bond donors (Lipinski definition) is 0. The number of carbonyl (C=O) groups is 1. The van der Waals surface area contributed by atoms with Gasteiger partial charge in [-0.25, -0.2) is 4.98 Å². The normalized spacial score (nSPS) is 14.8. The van der Waals surface area contributed by atoms with Crippen molar-refractivity contribution in [3.8, 4) is 5.88 Å². The molecule has 0 spiro atoms. The molecule has 1 aromatic rings. The van der Waals surface area contributed by atoms with Crippen LogP contribution in [0, 0.1) is 6.92 Å². The van der Waals surface area contributed by atoms with Crippen molar-refractivity contribution in [3.05, 3.63) is 23.4 Å². The molecular weight excluding hydrogens is 367 g/mol. The minimum Gasteiger partial charge on any atom is -0.468 e. The highest BCUT2D eigenvalue weighted by Gasteiger charge is 2.29. The van der Waals surface area contributed by atoms with Crippen LogP contribution >= 0.6 is 0 Å². The van der Waals surface area contributed by atoms with Gasteiger partial charge >= 0.3 is 12.1 Å². The van der Waals surface area contributed by atoms with Crippen LogP contribution in [0.3, 0.4) is 0 Å². The highest BCUT2D eigenvalue weighted by atomic mass is 19.4. The molecule has 27 heavy (non-hydrogen) atoms. The summed E-state index contributed by atoms with van der Waals surface area (Å²) in [5.74, 6) is -0.520. The number of carbonyl (C=O) groups excluding carboxylic acids is 1. The van der Waals surface area contributed by atoms with Crippen molar-refractivity contribution >= 4 is 5.97 Å². The number of aryl methyl sites for hydroxylation is 1. The van der Waals surface area contributed by atoms with Gasteiger partial charge in [0.25, 0.3) is 0 Å². The van der Waals surface area contributed by atoms with Gasteiger partial charge in [0.2, 0.25) is 5.88 Å². The molecule has 0 amide bonds. The zero-order valence-electron chi connectivity index (χ0n) is 16.0. The third-order valence-corrected chi connectivity index (χ3v) is 2.97. The average molecular weight is 393 g/mol. The van der Waals surface area contributed by atoms with E-state index in [4.69, 9.17) is 14.2 Å². The van der Waals surface area contributed by atoms with Crippen LogP contribution in [0.1, 0.15) is 31.9 Å². The van der Waals surface area contributed by atoms with Gasteiger partial charge in [-0.1, -0.05) is 0 Å². The van der Waals surface area contributed by atoms with Gasteiger partial charge in [0, 0.05) is 11.8 Å². The Morgan fingerprint density at radius 3 is 2.11 bits per heavy atom. The van der Waals surface area contributed by atoms with Crippen molar-refractivity contribution in [2.75, 3.05) is 33.0 Å². The minimum absolute atomic E-state index is 0.00462. The summed E-state index contributed by atoms with van der Waals surface area (Å²) < 4.78 is 55.8. The summed E-state index contributed by atoms with van der Waals surface area (Å²) in [5, 5.41) is 0. The lowest BCUT2D eigenvalue weighted by atomic mass is 10.1. The van der Waals surface area contributed by atoms with Crippen molar-refractivity contribution < 1.29 is 36.9 Å². The van der Waals surface area contributed by atoms with Gasteiger partial charge in [0.05, 0.1) is 32.8 Å². The Hall–Kier alpha value is -1.87. The first-order chi connectivity index (χ1) is 12.5. The summed E-state index contributed by atoms with van der Waals surface area (Å²) in [6.45, 7) is 8.54. The number of halogens is 3. The van der Waals surface area contributed by atoms with E-state index in [0.717, 1.165) is 26.4 Å². The van der Waals surface area contributed by atoms with E-state index >= 15 is 0 Å². The molecule has 1 saturated heterocycles. The average Bonchev–Trinajstić information content (AvgIpc) is 2.53. The summed E-state index contributed by atoms with van der Waals surface area (Å²) in [5.41, 5.74) is 0.399. The van der Waals surface area contributed by atoms with Gasteiger partial charge in [-0.2, -0.15) is 13.2 Å². The molecule has 1 aromatic heterocycles. The molecule has 0 atom stereocenters. The lowest BCUT2D eigenvalue weighted by Crippen LogP contribution is -2.25. The third-order valence-electron chi connectivity index (χ3n) is 2.97. The Balaban J connectivity index is 0.000000511. The lowest BCUT2D eigenvalue weighted by Gasteiger charge is -2.19. The van der Waals surface area contributed by atoms with E-state index in [9.17, 15) is 18.0 Å². The van der Waals surface area contributed by atoms with Gasteiger partial charge in [-0.05, 0) is 39.3 Å². The molecule has 0 aliphatic carbocycles. The summed E-state index contributed by atoms with van der Waals surface area (Å²) in [6, 6.07) is 1.56. The molecule has 2 heterocycles. The van der Waals surface area contributed by atoms with E-state index < -0.39 is 24.4 Å². The number of hydrogen-bond acceptors (Lipinski definition) is 6. The van der Waals surface area contributed by atoms with Crippen LogP contribution < -0.4 is 4.74 Å². The van der Waals surface area contributed by atoms with Crippen molar-refractivity contribution in [1.29, 1.82) is 0 Å². The quantitative estimate of drug-likeness (QED) is 0.732. The largest absolute Gasteiger partial charge is 0.468 e. The van der Waals surface area contributed by atoms with Crippen LogP contribution in [0.2, 0.25) is 0 Å². The molecule has 9 heteroatoms. The number of pyridine rings is 1. The maximum atomic E-state index is 12.1. The van der Waals surface area contributed by atoms with Gasteiger partial charge in [-0.15, -0.1) is 0 Å². The third kappa shape index (κ3) is 11.4. The van der Waals surface area contributed by atoms with Gasteiger partial charge in [0.1, 0.15) is 5.60 Å². The molecule has 0 radical (unpaired) electrons. The van der Waals surface area contributed by atoms with Crippen LogP contribution in [-0.4, -0.2) is 55.8 Å². The number of aromatic nitrogens is 1. The predicted molar refractivity (Wildman–Crippen MR) is 91.7 cm³/mol. The second-order valence-corrected chi connectivity index (χ2v) is 6.86. The topological polar surface area (TPSA) is 66.9 Å². The van der Waals surface area contributed by atoms with E-state index in [1.165, 1.54) is 6.20 Å². The van der Waals surface area contributed by atoms with E-state index in [1.54, 1.807) is 33.8 Å². The van der Waals surface area contributed by atoms with Crippen LogP contribution in [0.25, 0.3) is 0 Å². The van der Waals surface area contributed by atoms with Crippen molar-refractivity contribution in [2.24, 2.45) is 0 Å². The minimum atomic E-state index is -4.41. The fourth-order valence-corrected chi connectivity index (χ4v) is 2.00. The Morgan fingerprint density at radius 2 is 1.70 bits per heavy atom. The second-order valence-electron chi connectivity index (χ2n) is 6.86. The zero-order valence-corrected chi connectivity index (χ0v) is 16.0. The fraction of sp³-hybridized carbons (Fsp3) is 0.667. The number of alkyl halides is 3. The van der Waals surface area contributed by atoms with Gasteiger partial charge in [-0.3, -0.25) is 4.79 Å². The zero-order chi connectivity index (χ0) is 20.5. The summed E-state index contributed by atoms with van der Waals surface area (Å²) >= 11 is 0. The molecule has 0 unspecified atom stereocenters. The highest BCUT2D eigenvalue weighted by molar-refractivity contribution is 5.73. The Morgan fingerprint density at radius 1 is 1.15 bits per heavy atom. The van der Waals surface area contributed by atoms with Crippen molar-refractivity contribution in [2.45, 2.75) is 45.9 Å².